The molecule has 0 amide bonds. The van der Waals surface area contributed by atoms with Crippen LogP contribution in [0.5, 0.6) is 0 Å². The Morgan fingerprint density at radius 1 is 1.11 bits per heavy atom. The second kappa shape index (κ2) is 12.3. The van der Waals surface area contributed by atoms with Crippen molar-refractivity contribution in [2.75, 3.05) is 43.0 Å². The highest BCUT2D eigenvalue weighted by Crippen LogP contribution is 2.36. The topological polar surface area (TPSA) is 177 Å². The van der Waals surface area contributed by atoms with Gasteiger partial charge in [-0.05, 0) is 56.5 Å². The monoisotopic (exact) mass is 606 g/mol. The lowest BCUT2D eigenvalue weighted by Crippen LogP contribution is -2.46. The van der Waals surface area contributed by atoms with Crippen LogP contribution in [0, 0.1) is 0 Å². The summed E-state index contributed by atoms with van der Waals surface area (Å²) in [6.45, 7) is 6.21. The average Bonchev–Trinajstić information content (AvgIpc) is 3.88. The maximum absolute atomic E-state index is 11.1. The number of aromatic nitrogens is 8. The van der Waals surface area contributed by atoms with Crippen molar-refractivity contribution in [3.63, 3.8) is 0 Å². The number of anilines is 2. The summed E-state index contributed by atoms with van der Waals surface area (Å²) >= 11 is 0. The summed E-state index contributed by atoms with van der Waals surface area (Å²) in [5, 5.41) is 48.1. The molecule has 0 bridgehead atoms. The smallest absolute Gasteiger partial charge is 0.311 e. The van der Waals surface area contributed by atoms with Crippen LogP contribution in [-0.4, -0.2) is 112 Å². The van der Waals surface area contributed by atoms with E-state index >= 15 is 0 Å². The van der Waals surface area contributed by atoms with E-state index in [1.807, 2.05) is 37.3 Å². The highest BCUT2D eigenvalue weighted by atomic mass is 16.6. The molecule has 0 unspecified atom stereocenters. The second-order valence-corrected chi connectivity index (χ2v) is 11.9. The Morgan fingerprint density at radius 3 is 2.68 bits per heavy atom. The van der Waals surface area contributed by atoms with Crippen LogP contribution in [0.2, 0.25) is 0 Å². The van der Waals surface area contributed by atoms with Gasteiger partial charge >= 0.3 is 11.6 Å². The Hall–Kier alpha value is -3.76. The normalized spacial score (nSPS) is 26.6. The number of ether oxygens (including phenoxy) is 1. The van der Waals surface area contributed by atoms with Gasteiger partial charge in [0.15, 0.2) is 18.2 Å². The molecule has 0 saturated carbocycles. The van der Waals surface area contributed by atoms with Crippen molar-refractivity contribution in [2.24, 2.45) is 0 Å². The summed E-state index contributed by atoms with van der Waals surface area (Å²) in [5.41, 5.74) is 2.19. The first-order chi connectivity index (χ1) is 21.5. The van der Waals surface area contributed by atoms with Gasteiger partial charge in [-0.2, -0.15) is 9.78 Å². The van der Waals surface area contributed by atoms with Gasteiger partial charge in [-0.3, -0.25) is 9.88 Å². The molecule has 3 fully saturated rings. The second-order valence-electron chi connectivity index (χ2n) is 11.9. The van der Waals surface area contributed by atoms with E-state index in [2.05, 4.69) is 35.5 Å². The van der Waals surface area contributed by atoms with E-state index in [4.69, 9.17) is 14.7 Å². The van der Waals surface area contributed by atoms with Gasteiger partial charge in [0.25, 0.3) is 0 Å². The number of rotatable bonds is 10. The zero-order valence-corrected chi connectivity index (χ0v) is 24.8. The van der Waals surface area contributed by atoms with Crippen LogP contribution in [-0.2, 0) is 17.7 Å². The lowest BCUT2D eigenvalue weighted by Gasteiger charge is -2.23. The summed E-state index contributed by atoms with van der Waals surface area (Å²) in [7, 11) is 0. The van der Waals surface area contributed by atoms with E-state index in [9.17, 15) is 15.3 Å². The highest BCUT2D eigenvalue weighted by molar-refractivity contribution is 5.82. The van der Waals surface area contributed by atoms with Crippen LogP contribution in [0.3, 0.4) is 0 Å². The molecule has 7 rings (SSSR count). The first kappa shape index (κ1) is 29.0. The number of nitrogens with zero attached hydrogens (tertiary/aromatic N) is 9. The molecule has 0 radical (unpaired) electrons. The molecule has 234 valence electrons. The molecule has 4 aromatic rings. The minimum atomic E-state index is -1.28. The lowest BCUT2D eigenvalue weighted by molar-refractivity contribution is -0.745. The number of hydrogen-bond acceptors (Lipinski definition) is 12. The highest BCUT2D eigenvalue weighted by Gasteiger charge is 2.49. The van der Waals surface area contributed by atoms with Crippen LogP contribution >= 0.6 is 0 Å². The van der Waals surface area contributed by atoms with Crippen molar-refractivity contribution in [2.45, 2.75) is 75.8 Å². The summed E-state index contributed by atoms with van der Waals surface area (Å²) in [6, 6.07) is 10.1. The lowest BCUT2D eigenvalue weighted by atomic mass is 10.1. The number of H-pyrrole nitrogens is 1. The SMILES string of the molecule is CCn1nnc([C@H]2O[C@@H]([n+]3c[nH]c4c(N[C@H](CO)Cc5ccccc5)nc(N5CC[C@@H](N6CCCC6)C5)nc43)[C@H](O)[C@@H]2O)n1. The predicted molar refractivity (Wildman–Crippen MR) is 159 cm³/mol. The number of imidazole rings is 1. The molecule has 6 atom stereocenters. The van der Waals surface area contributed by atoms with Gasteiger partial charge < -0.3 is 30.3 Å². The molecule has 0 aliphatic carbocycles. The third-order valence-electron chi connectivity index (χ3n) is 8.98. The zero-order valence-electron chi connectivity index (χ0n) is 24.8. The Labute approximate surface area is 254 Å². The number of tetrazole rings is 1. The van der Waals surface area contributed by atoms with E-state index in [0.29, 0.717) is 41.9 Å². The van der Waals surface area contributed by atoms with Crippen molar-refractivity contribution in [1.29, 1.82) is 0 Å². The molecule has 1 aromatic carbocycles. The molecule has 44 heavy (non-hydrogen) atoms. The quantitative estimate of drug-likeness (QED) is 0.152. The number of likely N-dealkylation sites (tertiary alicyclic amines) is 1. The number of aromatic amines is 1. The fourth-order valence-corrected chi connectivity index (χ4v) is 6.58. The molecule has 6 heterocycles. The van der Waals surface area contributed by atoms with Gasteiger partial charge in [-0.25, -0.2) is 4.57 Å². The van der Waals surface area contributed by atoms with Gasteiger partial charge in [0.05, 0.1) is 19.2 Å². The van der Waals surface area contributed by atoms with E-state index in [-0.39, 0.29) is 18.5 Å². The van der Waals surface area contributed by atoms with E-state index in [0.717, 1.165) is 38.2 Å². The van der Waals surface area contributed by atoms with Crippen molar-refractivity contribution in [3.05, 3.63) is 48.0 Å². The number of aliphatic hydroxyl groups excluding tert-OH is 3. The predicted octanol–water partition coefficient (Wildman–Crippen LogP) is -0.0663. The molecular weight excluding hydrogens is 566 g/mol. The van der Waals surface area contributed by atoms with Crippen LogP contribution in [0.15, 0.2) is 36.7 Å². The number of nitrogens with one attached hydrogen (secondary N) is 2. The van der Waals surface area contributed by atoms with E-state index in [1.54, 1.807) is 10.9 Å². The molecule has 15 nitrogen and oxygen atoms in total. The number of fused-ring (bicyclic) bond motifs is 1. The van der Waals surface area contributed by atoms with Crippen LogP contribution < -0.4 is 14.8 Å². The molecule has 3 aliphatic heterocycles. The van der Waals surface area contributed by atoms with Crippen molar-refractivity contribution < 1.29 is 24.6 Å². The van der Waals surface area contributed by atoms with Crippen LogP contribution in [0.25, 0.3) is 11.2 Å². The van der Waals surface area contributed by atoms with Gasteiger partial charge in [-0.1, -0.05) is 35.3 Å². The van der Waals surface area contributed by atoms with Crippen molar-refractivity contribution in [3.8, 4) is 0 Å². The van der Waals surface area contributed by atoms with Crippen LogP contribution in [0.4, 0.5) is 11.8 Å². The Morgan fingerprint density at radius 2 is 1.93 bits per heavy atom. The van der Waals surface area contributed by atoms with Gasteiger partial charge in [0.1, 0.15) is 12.2 Å². The Kier molecular flexibility index (Phi) is 8.12. The minimum absolute atomic E-state index is 0.0963. The fraction of sp³-hybridized carbons (Fsp3) is 0.586. The third kappa shape index (κ3) is 5.49. The van der Waals surface area contributed by atoms with E-state index in [1.165, 1.54) is 17.6 Å². The molecule has 3 saturated heterocycles. The first-order valence-corrected chi connectivity index (χ1v) is 15.5. The van der Waals surface area contributed by atoms with Crippen LogP contribution in [0.1, 0.15) is 49.9 Å². The molecule has 5 N–H and O–H groups in total. The third-order valence-corrected chi connectivity index (χ3v) is 8.98. The van der Waals surface area contributed by atoms with Crippen molar-refractivity contribution in [1.82, 2.24) is 40.1 Å². The number of benzene rings is 1. The molecule has 3 aliphatic rings. The number of aliphatic hydroxyl groups is 3. The standard InChI is InChI=1S/C29H39N11O4/c1-2-40-35-26(34-36-40)24-22(42)23(43)28(44-24)39-17-30-21-25(31-19(16-41)14-18-8-4-3-5-9-18)32-29(33-27(21)39)38-13-10-20(15-38)37-11-6-7-12-37/h3-5,8-9,17,19-20,22-24,28,41-43H,2,6-7,10-16H2,1H3,(H,31,32,33)/p+1/t19-,20+,22-,23+,24-,28+/m0/s1. The minimum Gasteiger partial charge on any atom is -0.394 e. The molecular formula is C29H40N11O4+. The summed E-state index contributed by atoms with van der Waals surface area (Å²) in [6.07, 6.45) is 1.30. The maximum Gasteiger partial charge on any atom is 0.311 e. The summed E-state index contributed by atoms with van der Waals surface area (Å²) in [5.74, 6) is 1.31. The fourth-order valence-electron chi connectivity index (χ4n) is 6.58. The zero-order chi connectivity index (χ0) is 30.2. The van der Waals surface area contributed by atoms with Gasteiger partial charge in [-0.15, -0.1) is 10.2 Å². The number of aryl methyl sites for hydroxylation is 1. The number of hydrogen-bond donors (Lipinski definition) is 5. The van der Waals surface area contributed by atoms with Gasteiger partial charge in [0.2, 0.25) is 17.6 Å². The van der Waals surface area contributed by atoms with Crippen molar-refractivity contribution >= 4 is 22.9 Å². The average molecular weight is 607 g/mol. The largest absolute Gasteiger partial charge is 0.394 e. The Bertz CT molecular complexity index is 1560. The molecule has 15 heteroatoms. The van der Waals surface area contributed by atoms with E-state index < -0.39 is 24.5 Å². The first-order valence-electron chi connectivity index (χ1n) is 15.5. The maximum atomic E-state index is 11.1. The molecule has 3 aromatic heterocycles. The summed E-state index contributed by atoms with van der Waals surface area (Å²) < 4.78 is 7.86. The van der Waals surface area contributed by atoms with Gasteiger partial charge in [0, 0.05) is 19.1 Å². The molecule has 0 spiro atoms. The Balaban J connectivity index is 1.22. The summed E-state index contributed by atoms with van der Waals surface area (Å²) in [4.78, 5) is 19.4.